The molecule has 0 aliphatic heterocycles. The first-order valence-corrected chi connectivity index (χ1v) is 8.79. The monoisotopic (exact) mass is 328 g/mol. The molecule has 0 bridgehead atoms. The number of benzene rings is 1. The van der Waals surface area contributed by atoms with E-state index in [1.807, 2.05) is 0 Å². The zero-order valence-corrected chi connectivity index (χ0v) is 13.9. The van der Waals surface area contributed by atoms with Gasteiger partial charge in [-0.3, -0.25) is 0 Å². The van der Waals surface area contributed by atoms with Crippen LogP contribution >= 0.6 is 0 Å². The highest BCUT2D eigenvalue weighted by molar-refractivity contribution is 5.30. The van der Waals surface area contributed by atoms with Crippen molar-refractivity contribution in [2.45, 2.75) is 64.5 Å². The molecule has 0 spiro atoms. The molecule has 130 valence electrons. The largest absolute Gasteiger partial charge is 0.493 e. The number of hydrogen-bond acceptors (Lipinski definition) is 1. The number of ether oxygens (including phenoxy) is 1. The molecule has 2 rings (SSSR count). The second-order valence-corrected chi connectivity index (χ2v) is 6.72. The third-order valence-corrected chi connectivity index (χ3v) is 4.83. The van der Waals surface area contributed by atoms with Gasteiger partial charge < -0.3 is 4.74 Å². The Labute approximate surface area is 137 Å². The van der Waals surface area contributed by atoms with Crippen molar-refractivity contribution in [2.24, 2.45) is 11.8 Å². The molecule has 0 atom stereocenters. The van der Waals surface area contributed by atoms with Crippen LogP contribution in [-0.2, 0) is 6.18 Å². The predicted octanol–water partition coefficient (Wildman–Crippen LogP) is 6.47. The number of halogens is 3. The standard InChI is InChI=1S/C19H27F3O/c1-2-3-4-6-15-9-11-16(12-10-15)14-23-18-8-5-7-17(13-18)19(20,21)22/h5,7-8,13,15-16H,2-4,6,9-12,14H2,1H3. The normalized spacial score (nSPS) is 22.1. The highest BCUT2D eigenvalue weighted by atomic mass is 19.4. The lowest BCUT2D eigenvalue weighted by molar-refractivity contribution is -0.137. The van der Waals surface area contributed by atoms with Crippen LogP contribution < -0.4 is 4.74 Å². The van der Waals surface area contributed by atoms with E-state index in [-0.39, 0.29) is 0 Å². The smallest absolute Gasteiger partial charge is 0.416 e. The van der Waals surface area contributed by atoms with Crippen LogP contribution in [0.25, 0.3) is 0 Å². The molecular weight excluding hydrogens is 301 g/mol. The van der Waals surface area contributed by atoms with Gasteiger partial charge in [-0.25, -0.2) is 0 Å². The summed E-state index contributed by atoms with van der Waals surface area (Å²) >= 11 is 0. The number of hydrogen-bond donors (Lipinski definition) is 0. The van der Waals surface area contributed by atoms with Crippen molar-refractivity contribution in [3.05, 3.63) is 29.8 Å². The third-order valence-electron chi connectivity index (χ3n) is 4.83. The van der Waals surface area contributed by atoms with Gasteiger partial charge in [-0.1, -0.05) is 51.5 Å². The van der Waals surface area contributed by atoms with Gasteiger partial charge in [-0.15, -0.1) is 0 Å². The first kappa shape index (κ1) is 18.2. The summed E-state index contributed by atoms with van der Waals surface area (Å²) in [7, 11) is 0. The SMILES string of the molecule is CCCCCC1CCC(COc2cccc(C(F)(F)F)c2)CC1. The molecule has 1 fully saturated rings. The molecule has 1 aromatic rings. The van der Waals surface area contributed by atoms with Crippen molar-refractivity contribution in [3.8, 4) is 5.75 Å². The summed E-state index contributed by atoms with van der Waals surface area (Å²) in [5.41, 5.74) is -0.644. The van der Waals surface area contributed by atoms with E-state index in [4.69, 9.17) is 4.74 Å². The summed E-state index contributed by atoms with van der Waals surface area (Å²) in [6.45, 7) is 2.75. The van der Waals surface area contributed by atoms with Gasteiger partial charge in [0.1, 0.15) is 5.75 Å². The summed E-state index contributed by atoms with van der Waals surface area (Å²) in [4.78, 5) is 0. The average molecular weight is 328 g/mol. The van der Waals surface area contributed by atoms with Crippen molar-refractivity contribution in [1.29, 1.82) is 0 Å². The van der Waals surface area contributed by atoms with E-state index in [1.54, 1.807) is 6.07 Å². The van der Waals surface area contributed by atoms with Crippen LogP contribution in [-0.4, -0.2) is 6.61 Å². The van der Waals surface area contributed by atoms with Gasteiger partial charge in [0.25, 0.3) is 0 Å². The van der Waals surface area contributed by atoms with E-state index < -0.39 is 11.7 Å². The average Bonchev–Trinajstić information content (AvgIpc) is 2.54. The van der Waals surface area contributed by atoms with E-state index in [0.717, 1.165) is 30.9 Å². The first-order valence-electron chi connectivity index (χ1n) is 8.79. The lowest BCUT2D eigenvalue weighted by atomic mass is 9.80. The molecule has 0 heterocycles. The number of rotatable bonds is 7. The van der Waals surface area contributed by atoms with Crippen molar-refractivity contribution in [1.82, 2.24) is 0 Å². The minimum Gasteiger partial charge on any atom is -0.493 e. The maximum absolute atomic E-state index is 12.7. The van der Waals surface area contributed by atoms with E-state index in [9.17, 15) is 13.2 Å². The van der Waals surface area contributed by atoms with Crippen LogP contribution in [0, 0.1) is 11.8 Å². The summed E-state index contributed by atoms with van der Waals surface area (Å²) in [6.07, 6.45) is 5.67. The van der Waals surface area contributed by atoms with Crippen molar-refractivity contribution >= 4 is 0 Å². The fraction of sp³-hybridized carbons (Fsp3) is 0.684. The maximum Gasteiger partial charge on any atom is 0.416 e. The Kier molecular flexibility index (Phi) is 6.79. The lowest BCUT2D eigenvalue weighted by Gasteiger charge is -2.28. The second-order valence-electron chi connectivity index (χ2n) is 6.72. The fourth-order valence-corrected chi connectivity index (χ4v) is 3.35. The third kappa shape index (κ3) is 6.08. The van der Waals surface area contributed by atoms with Gasteiger partial charge in [0.15, 0.2) is 0 Å². The molecule has 0 N–H and O–H groups in total. The van der Waals surface area contributed by atoms with Crippen LogP contribution in [0.4, 0.5) is 13.2 Å². The molecule has 1 saturated carbocycles. The molecular formula is C19H27F3O. The molecule has 23 heavy (non-hydrogen) atoms. The van der Waals surface area contributed by atoms with Gasteiger partial charge in [-0.05, 0) is 42.9 Å². The van der Waals surface area contributed by atoms with Crippen LogP contribution in [0.5, 0.6) is 5.75 Å². The second kappa shape index (κ2) is 8.60. The summed E-state index contributed by atoms with van der Waals surface area (Å²) < 4.78 is 43.6. The van der Waals surface area contributed by atoms with Gasteiger partial charge in [0.05, 0.1) is 12.2 Å². The Morgan fingerprint density at radius 2 is 1.74 bits per heavy atom. The molecule has 4 heteroatoms. The van der Waals surface area contributed by atoms with Crippen LogP contribution in [0.1, 0.15) is 63.9 Å². The summed E-state index contributed by atoms with van der Waals surface area (Å²) in [6, 6.07) is 5.18. The molecule has 0 amide bonds. The lowest BCUT2D eigenvalue weighted by Crippen LogP contribution is -2.20. The van der Waals surface area contributed by atoms with Gasteiger partial charge in [0.2, 0.25) is 0 Å². The first-order chi connectivity index (χ1) is 11.0. The Hall–Kier alpha value is -1.19. The zero-order chi connectivity index (χ0) is 16.7. The zero-order valence-electron chi connectivity index (χ0n) is 13.9. The topological polar surface area (TPSA) is 9.23 Å². The van der Waals surface area contributed by atoms with E-state index in [2.05, 4.69) is 6.92 Å². The van der Waals surface area contributed by atoms with Gasteiger partial charge in [0, 0.05) is 0 Å². The number of unbranched alkanes of at least 4 members (excludes halogenated alkanes) is 2. The molecule has 1 aliphatic rings. The fourth-order valence-electron chi connectivity index (χ4n) is 3.35. The Balaban J connectivity index is 1.73. The molecule has 1 aromatic carbocycles. The molecule has 0 unspecified atom stereocenters. The van der Waals surface area contributed by atoms with E-state index in [1.165, 1.54) is 44.6 Å². The minimum atomic E-state index is -4.31. The summed E-state index contributed by atoms with van der Waals surface area (Å²) in [5.74, 6) is 1.64. The Morgan fingerprint density at radius 3 is 2.39 bits per heavy atom. The van der Waals surface area contributed by atoms with Crippen molar-refractivity contribution < 1.29 is 17.9 Å². The Morgan fingerprint density at radius 1 is 1.04 bits per heavy atom. The molecule has 0 aromatic heterocycles. The van der Waals surface area contributed by atoms with Gasteiger partial charge in [-0.2, -0.15) is 13.2 Å². The number of alkyl halides is 3. The van der Waals surface area contributed by atoms with Crippen LogP contribution in [0.3, 0.4) is 0 Å². The summed E-state index contributed by atoms with van der Waals surface area (Å²) in [5, 5.41) is 0. The highest BCUT2D eigenvalue weighted by Gasteiger charge is 2.30. The van der Waals surface area contributed by atoms with E-state index >= 15 is 0 Å². The van der Waals surface area contributed by atoms with Crippen molar-refractivity contribution in [2.75, 3.05) is 6.61 Å². The van der Waals surface area contributed by atoms with Crippen LogP contribution in [0.2, 0.25) is 0 Å². The highest BCUT2D eigenvalue weighted by Crippen LogP contribution is 2.34. The Bertz CT molecular complexity index is 462. The quantitative estimate of drug-likeness (QED) is 0.521. The van der Waals surface area contributed by atoms with Crippen molar-refractivity contribution in [3.63, 3.8) is 0 Å². The maximum atomic E-state index is 12.7. The predicted molar refractivity (Wildman–Crippen MR) is 86.5 cm³/mol. The van der Waals surface area contributed by atoms with Crippen LogP contribution in [0.15, 0.2) is 24.3 Å². The molecule has 1 aliphatic carbocycles. The molecule has 0 saturated heterocycles. The van der Waals surface area contributed by atoms with E-state index in [0.29, 0.717) is 18.3 Å². The van der Waals surface area contributed by atoms with Gasteiger partial charge >= 0.3 is 6.18 Å². The minimum absolute atomic E-state index is 0.324. The molecule has 1 nitrogen and oxygen atoms in total. The molecule has 0 radical (unpaired) electrons.